The average Bonchev–Trinajstić information content (AvgIpc) is 2.77. The normalized spacial score (nSPS) is 26.5. The topological polar surface area (TPSA) is 76.4 Å². The Balaban J connectivity index is 1.86. The van der Waals surface area contributed by atoms with Crippen molar-refractivity contribution >= 4 is 5.91 Å². The number of carbonyl (C=O) groups is 1. The van der Waals surface area contributed by atoms with Crippen molar-refractivity contribution < 1.29 is 9.53 Å². The highest BCUT2D eigenvalue weighted by molar-refractivity contribution is 5.78. The van der Waals surface area contributed by atoms with Crippen LogP contribution in [0.4, 0.5) is 0 Å². The first kappa shape index (κ1) is 15.8. The maximum Gasteiger partial charge on any atom is 0.258 e. The number of ether oxygens (including phenoxy) is 1. The molecule has 1 aliphatic rings. The lowest BCUT2D eigenvalue weighted by Gasteiger charge is -2.17. The van der Waals surface area contributed by atoms with Crippen LogP contribution in [-0.4, -0.2) is 24.1 Å². The highest BCUT2D eigenvalue weighted by Crippen LogP contribution is 2.22. The molecule has 3 unspecified atom stereocenters. The highest BCUT2D eigenvalue weighted by Gasteiger charge is 2.28. The lowest BCUT2D eigenvalue weighted by atomic mass is 9.90. The van der Waals surface area contributed by atoms with Crippen molar-refractivity contribution in [1.29, 1.82) is 0 Å². The molecule has 116 valence electrons. The number of nitrogens with one attached hydrogen (secondary N) is 2. The first-order chi connectivity index (χ1) is 9.97. The Kier molecular flexibility index (Phi) is 5.20. The van der Waals surface area contributed by atoms with Gasteiger partial charge in [0.05, 0.1) is 0 Å². The minimum Gasteiger partial charge on any atom is -0.481 e. The van der Waals surface area contributed by atoms with E-state index in [0.29, 0.717) is 23.8 Å². The number of nitrogens with two attached hydrogens (primary N) is 1. The summed E-state index contributed by atoms with van der Waals surface area (Å²) >= 11 is 0. The molecule has 0 aromatic heterocycles. The molecular formula is C16H25N3O2. The zero-order chi connectivity index (χ0) is 15.4. The van der Waals surface area contributed by atoms with E-state index in [4.69, 9.17) is 10.5 Å². The Morgan fingerprint density at radius 1 is 1.24 bits per heavy atom. The molecule has 5 nitrogen and oxygen atoms in total. The van der Waals surface area contributed by atoms with Gasteiger partial charge < -0.3 is 10.5 Å². The Morgan fingerprint density at radius 2 is 1.81 bits per heavy atom. The third-order valence-corrected chi connectivity index (χ3v) is 4.23. The molecule has 4 N–H and O–H groups in total. The van der Waals surface area contributed by atoms with Crippen LogP contribution in [0.15, 0.2) is 24.3 Å². The summed E-state index contributed by atoms with van der Waals surface area (Å²) < 4.78 is 5.45. The van der Waals surface area contributed by atoms with Gasteiger partial charge in [0.25, 0.3) is 5.91 Å². The summed E-state index contributed by atoms with van der Waals surface area (Å²) in [6.07, 6.45) is 1.57. The van der Waals surface area contributed by atoms with Crippen LogP contribution >= 0.6 is 0 Å². The Labute approximate surface area is 126 Å². The minimum absolute atomic E-state index is 0.455. The lowest BCUT2D eigenvalue weighted by Crippen LogP contribution is -2.30. The summed E-state index contributed by atoms with van der Waals surface area (Å²) in [4.78, 5) is 11.0. The molecule has 3 atom stereocenters. The fourth-order valence-corrected chi connectivity index (χ4v) is 2.74. The molecule has 21 heavy (non-hydrogen) atoms. The molecule has 0 radical (unpaired) electrons. The number of carbonyl (C=O) groups excluding carboxylic acids is 1. The summed E-state index contributed by atoms with van der Waals surface area (Å²) in [5.41, 5.74) is 13.0. The van der Waals surface area contributed by atoms with Crippen molar-refractivity contribution in [2.75, 3.05) is 0 Å². The van der Waals surface area contributed by atoms with Crippen molar-refractivity contribution in [2.45, 2.75) is 51.8 Å². The van der Waals surface area contributed by atoms with Gasteiger partial charge in [-0.15, -0.1) is 0 Å². The maximum absolute atomic E-state index is 11.0. The van der Waals surface area contributed by atoms with Crippen LogP contribution in [0.3, 0.4) is 0 Å². The van der Waals surface area contributed by atoms with Crippen molar-refractivity contribution in [3.63, 3.8) is 0 Å². The molecule has 0 spiro atoms. The first-order valence-corrected chi connectivity index (χ1v) is 7.53. The summed E-state index contributed by atoms with van der Waals surface area (Å²) in [7, 11) is 0. The van der Waals surface area contributed by atoms with Crippen molar-refractivity contribution in [3.05, 3.63) is 29.8 Å². The van der Waals surface area contributed by atoms with Gasteiger partial charge in [-0.2, -0.15) is 0 Å². The van der Waals surface area contributed by atoms with Crippen LogP contribution in [0.5, 0.6) is 5.75 Å². The second-order valence-electron chi connectivity index (χ2n) is 5.87. The van der Waals surface area contributed by atoms with Gasteiger partial charge in [0.1, 0.15) is 5.75 Å². The van der Waals surface area contributed by atoms with Gasteiger partial charge >= 0.3 is 0 Å². The van der Waals surface area contributed by atoms with Crippen LogP contribution in [0, 0.1) is 5.92 Å². The predicted octanol–water partition coefficient (Wildman–Crippen LogP) is 1.37. The molecule has 1 aromatic carbocycles. The van der Waals surface area contributed by atoms with Gasteiger partial charge in [-0.25, -0.2) is 0 Å². The summed E-state index contributed by atoms with van der Waals surface area (Å²) in [5, 5.41) is 0. The van der Waals surface area contributed by atoms with Crippen LogP contribution in [0.1, 0.15) is 32.8 Å². The standard InChI is InChI=1S/C16H25N3O2/c1-10-15(11(2)19-18-10)9-6-13-4-7-14(8-5-13)21-12(3)16(17)20/h4-5,7-8,10-12,15,18-19H,6,9H2,1-3H3,(H2,17,20). The zero-order valence-electron chi connectivity index (χ0n) is 12.9. The second-order valence-corrected chi connectivity index (χ2v) is 5.87. The average molecular weight is 291 g/mol. The van der Waals surface area contributed by atoms with Crippen molar-refractivity contribution in [2.24, 2.45) is 11.7 Å². The van der Waals surface area contributed by atoms with E-state index in [0.717, 1.165) is 12.8 Å². The predicted molar refractivity (Wildman–Crippen MR) is 82.7 cm³/mol. The van der Waals surface area contributed by atoms with Crippen molar-refractivity contribution in [3.8, 4) is 5.75 Å². The molecule has 0 bridgehead atoms. The fraction of sp³-hybridized carbons (Fsp3) is 0.562. The molecule has 0 saturated carbocycles. The number of hydrazine groups is 1. The van der Waals surface area contributed by atoms with Gasteiger partial charge in [0.15, 0.2) is 6.10 Å². The monoisotopic (exact) mass is 291 g/mol. The number of hydrogen-bond acceptors (Lipinski definition) is 4. The molecule has 1 heterocycles. The summed E-state index contributed by atoms with van der Waals surface area (Å²) in [5.74, 6) is 0.857. The SMILES string of the molecule is CC(Oc1ccc(CCC2C(C)NNC2C)cc1)C(N)=O. The van der Waals surface area contributed by atoms with Gasteiger partial charge in [0, 0.05) is 12.1 Å². The summed E-state index contributed by atoms with van der Waals surface area (Å²) in [6, 6.07) is 8.89. The molecule has 1 aromatic rings. The Morgan fingerprint density at radius 3 is 2.33 bits per heavy atom. The molecule has 2 rings (SSSR count). The van der Waals surface area contributed by atoms with E-state index < -0.39 is 12.0 Å². The maximum atomic E-state index is 11.0. The van der Waals surface area contributed by atoms with Gasteiger partial charge in [-0.3, -0.25) is 15.6 Å². The van der Waals surface area contributed by atoms with Crippen LogP contribution < -0.4 is 21.3 Å². The third-order valence-electron chi connectivity index (χ3n) is 4.23. The van der Waals surface area contributed by atoms with E-state index in [1.54, 1.807) is 6.92 Å². The second kappa shape index (κ2) is 6.91. The molecule has 1 aliphatic heterocycles. The number of amides is 1. The molecule has 1 saturated heterocycles. The van der Waals surface area contributed by atoms with Crippen molar-refractivity contribution in [1.82, 2.24) is 10.9 Å². The number of benzene rings is 1. The smallest absolute Gasteiger partial charge is 0.258 e. The fourth-order valence-electron chi connectivity index (χ4n) is 2.74. The zero-order valence-corrected chi connectivity index (χ0v) is 12.9. The number of aryl methyl sites for hydroxylation is 1. The van der Waals surface area contributed by atoms with Crippen LogP contribution in [0.2, 0.25) is 0 Å². The Bertz CT molecular complexity index is 465. The van der Waals surface area contributed by atoms with Gasteiger partial charge in [0.2, 0.25) is 0 Å². The third kappa shape index (κ3) is 4.19. The molecule has 0 aliphatic carbocycles. The van der Waals surface area contributed by atoms with E-state index >= 15 is 0 Å². The number of hydrogen-bond donors (Lipinski definition) is 3. The molecular weight excluding hydrogens is 266 g/mol. The van der Waals surface area contributed by atoms with E-state index in [-0.39, 0.29) is 0 Å². The minimum atomic E-state index is -0.604. The number of rotatable bonds is 6. The van der Waals surface area contributed by atoms with E-state index in [9.17, 15) is 4.79 Å². The number of primary amides is 1. The largest absolute Gasteiger partial charge is 0.481 e. The van der Waals surface area contributed by atoms with Crippen LogP contribution in [0.25, 0.3) is 0 Å². The van der Waals surface area contributed by atoms with E-state index in [1.807, 2.05) is 24.3 Å². The quantitative estimate of drug-likeness (QED) is 0.740. The Hall–Kier alpha value is -1.59. The molecule has 1 fully saturated rings. The van der Waals surface area contributed by atoms with Gasteiger partial charge in [-0.05, 0) is 57.2 Å². The van der Waals surface area contributed by atoms with Crippen LogP contribution in [-0.2, 0) is 11.2 Å². The first-order valence-electron chi connectivity index (χ1n) is 7.53. The van der Waals surface area contributed by atoms with E-state index in [2.05, 4.69) is 24.7 Å². The summed E-state index contributed by atoms with van der Waals surface area (Å²) in [6.45, 7) is 6.08. The molecule has 5 heteroatoms. The molecule has 1 amide bonds. The van der Waals surface area contributed by atoms with E-state index in [1.165, 1.54) is 5.56 Å². The lowest BCUT2D eigenvalue weighted by molar-refractivity contribution is -0.123. The highest BCUT2D eigenvalue weighted by atomic mass is 16.5. The van der Waals surface area contributed by atoms with Gasteiger partial charge in [-0.1, -0.05) is 12.1 Å².